The summed E-state index contributed by atoms with van der Waals surface area (Å²) in [6.07, 6.45) is 1.71. The fourth-order valence-electron chi connectivity index (χ4n) is 1.77. The highest BCUT2D eigenvalue weighted by atomic mass is 19.1. The highest BCUT2D eigenvalue weighted by Gasteiger charge is 2.18. The molecule has 0 amide bonds. The minimum atomic E-state index is -0.918. The first kappa shape index (κ1) is 12.5. The van der Waals surface area contributed by atoms with E-state index in [9.17, 15) is 13.2 Å². The van der Waals surface area contributed by atoms with Crippen LogP contribution in [0.3, 0.4) is 0 Å². The molecule has 4 nitrogen and oxygen atoms in total. The second-order valence-electron chi connectivity index (χ2n) is 4.00. The van der Waals surface area contributed by atoms with Crippen LogP contribution in [0.25, 0.3) is 0 Å². The topological polar surface area (TPSA) is 43.6 Å². The van der Waals surface area contributed by atoms with E-state index in [0.717, 1.165) is 0 Å². The minimum Gasteiger partial charge on any atom is -0.207 e. The third kappa shape index (κ3) is 2.66. The lowest BCUT2D eigenvalue weighted by atomic mass is 9.96. The van der Waals surface area contributed by atoms with Gasteiger partial charge in [-0.3, -0.25) is 0 Å². The van der Waals surface area contributed by atoms with Crippen molar-refractivity contribution in [3.8, 4) is 0 Å². The van der Waals surface area contributed by atoms with Gasteiger partial charge in [-0.05, 0) is 17.6 Å². The van der Waals surface area contributed by atoms with Crippen LogP contribution in [0.2, 0.25) is 0 Å². The van der Waals surface area contributed by atoms with Crippen LogP contribution in [0, 0.1) is 17.5 Å². The lowest BCUT2D eigenvalue weighted by molar-refractivity contribution is 0.447. The van der Waals surface area contributed by atoms with Gasteiger partial charge in [-0.2, -0.15) is 4.80 Å². The Morgan fingerprint density at radius 2 is 1.89 bits per heavy atom. The number of tetrazole rings is 1. The Balaban J connectivity index is 2.11. The standard InChI is InChI=1S/C11H11F3N4/c1-7(2-3-18-16-6-15-17-18)11-9(13)4-8(12)5-10(11)14/h4-7H,2-3H2,1H3. The van der Waals surface area contributed by atoms with E-state index in [1.54, 1.807) is 6.92 Å². The summed E-state index contributed by atoms with van der Waals surface area (Å²) in [5.41, 5.74) is -0.114. The van der Waals surface area contributed by atoms with Gasteiger partial charge in [0, 0.05) is 17.7 Å². The Labute approximate surface area is 101 Å². The van der Waals surface area contributed by atoms with Crippen LogP contribution < -0.4 is 0 Å². The molecular formula is C11H11F3N4. The summed E-state index contributed by atoms with van der Waals surface area (Å²) in [6.45, 7) is 2.05. The van der Waals surface area contributed by atoms with Crippen molar-refractivity contribution in [2.45, 2.75) is 25.8 Å². The fourth-order valence-corrected chi connectivity index (χ4v) is 1.77. The molecule has 1 aromatic carbocycles. The van der Waals surface area contributed by atoms with Gasteiger partial charge in [0.15, 0.2) is 6.33 Å². The normalized spacial score (nSPS) is 12.7. The molecule has 0 N–H and O–H groups in total. The van der Waals surface area contributed by atoms with Crippen LogP contribution in [-0.4, -0.2) is 20.2 Å². The van der Waals surface area contributed by atoms with Gasteiger partial charge in [0.2, 0.25) is 0 Å². The number of aryl methyl sites for hydroxylation is 1. The van der Waals surface area contributed by atoms with Gasteiger partial charge in [0.25, 0.3) is 0 Å². The quantitative estimate of drug-likeness (QED) is 0.843. The molecule has 7 heteroatoms. The molecule has 0 saturated heterocycles. The van der Waals surface area contributed by atoms with Crippen molar-refractivity contribution in [3.05, 3.63) is 41.5 Å². The first-order chi connectivity index (χ1) is 8.58. The Morgan fingerprint density at radius 1 is 1.22 bits per heavy atom. The highest BCUT2D eigenvalue weighted by molar-refractivity contribution is 5.24. The van der Waals surface area contributed by atoms with E-state index in [2.05, 4.69) is 15.4 Å². The number of hydrogen-bond acceptors (Lipinski definition) is 3. The number of nitrogens with zero attached hydrogens (tertiary/aromatic N) is 4. The van der Waals surface area contributed by atoms with Crippen LogP contribution >= 0.6 is 0 Å². The van der Waals surface area contributed by atoms with Gasteiger partial charge >= 0.3 is 0 Å². The molecule has 0 saturated carbocycles. The van der Waals surface area contributed by atoms with Crippen LogP contribution in [-0.2, 0) is 6.54 Å². The van der Waals surface area contributed by atoms with Crippen molar-refractivity contribution in [3.63, 3.8) is 0 Å². The van der Waals surface area contributed by atoms with E-state index in [-0.39, 0.29) is 5.56 Å². The van der Waals surface area contributed by atoms with Crippen molar-refractivity contribution in [1.29, 1.82) is 0 Å². The van der Waals surface area contributed by atoms with Gasteiger partial charge in [0.1, 0.15) is 17.5 Å². The molecule has 0 aliphatic heterocycles. The maximum atomic E-state index is 13.5. The van der Waals surface area contributed by atoms with Crippen molar-refractivity contribution in [1.82, 2.24) is 20.2 Å². The van der Waals surface area contributed by atoms with Crippen molar-refractivity contribution >= 4 is 0 Å². The zero-order valence-corrected chi connectivity index (χ0v) is 9.65. The Kier molecular flexibility index (Phi) is 3.59. The summed E-state index contributed by atoms with van der Waals surface area (Å²) < 4.78 is 39.8. The number of rotatable bonds is 4. The van der Waals surface area contributed by atoms with Gasteiger partial charge < -0.3 is 0 Å². The van der Waals surface area contributed by atoms with Crippen molar-refractivity contribution < 1.29 is 13.2 Å². The molecule has 96 valence electrons. The summed E-state index contributed by atoms with van der Waals surface area (Å²) >= 11 is 0. The van der Waals surface area contributed by atoms with Gasteiger partial charge in [-0.25, -0.2) is 13.2 Å². The number of hydrogen-bond donors (Lipinski definition) is 0. The molecule has 2 rings (SSSR count). The molecular weight excluding hydrogens is 245 g/mol. The van der Waals surface area contributed by atoms with Gasteiger partial charge in [-0.15, -0.1) is 10.2 Å². The van der Waals surface area contributed by atoms with E-state index >= 15 is 0 Å². The van der Waals surface area contributed by atoms with Crippen LogP contribution in [0.5, 0.6) is 0 Å². The molecule has 18 heavy (non-hydrogen) atoms. The first-order valence-electron chi connectivity index (χ1n) is 5.43. The summed E-state index contributed by atoms with van der Waals surface area (Å²) in [6, 6.07) is 1.37. The molecule has 1 atom stereocenters. The molecule has 1 heterocycles. The zero-order valence-electron chi connectivity index (χ0n) is 9.65. The monoisotopic (exact) mass is 256 g/mol. The smallest absolute Gasteiger partial charge is 0.162 e. The lowest BCUT2D eigenvalue weighted by Crippen LogP contribution is -2.09. The molecule has 0 radical (unpaired) electrons. The Morgan fingerprint density at radius 3 is 2.44 bits per heavy atom. The molecule has 0 aliphatic rings. The van der Waals surface area contributed by atoms with E-state index in [0.29, 0.717) is 25.1 Å². The third-order valence-electron chi connectivity index (χ3n) is 2.69. The van der Waals surface area contributed by atoms with E-state index in [1.165, 1.54) is 11.1 Å². The average molecular weight is 256 g/mol. The van der Waals surface area contributed by atoms with E-state index in [4.69, 9.17) is 0 Å². The second-order valence-corrected chi connectivity index (χ2v) is 4.00. The van der Waals surface area contributed by atoms with E-state index in [1.807, 2.05) is 0 Å². The predicted octanol–water partition coefficient (Wildman–Crippen LogP) is 2.28. The van der Waals surface area contributed by atoms with Crippen molar-refractivity contribution in [2.24, 2.45) is 0 Å². The molecule has 2 aromatic rings. The van der Waals surface area contributed by atoms with Crippen LogP contribution in [0.15, 0.2) is 18.5 Å². The number of benzene rings is 1. The number of halogens is 3. The molecule has 0 bridgehead atoms. The summed E-state index contributed by atoms with van der Waals surface area (Å²) in [4.78, 5) is 1.33. The maximum Gasteiger partial charge on any atom is 0.162 e. The Bertz CT molecular complexity index is 504. The van der Waals surface area contributed by atoms with E-state index < -0.39 is 23.4 Å². The number of aromatic nitrogens is 4. The molecule has 0 spiro atoms. The minimum absolute atomic E-state index is 0.114. The van der Waals surface area contributed by atoms with Crippen molar-refractivity contribution in [2.75, 3.05) is 0 Å². The van der Waals surface area contributed by atoms with Crippen LogP contribution in [0.4, 0.5) is 13.2 Å². The summed E-state index contributed by atoms with van der Waals surface area (Å²) in [7, 11) is 0. The van der Waals surface area contributed by atoms with Gasteiger partial charge in [-0.1, -0.05) is 6.92 Å². The molecule has 0 fully saturated rings. The highest BCUT2D eigenvalue weighted by Crippen LogP contribution is 2.26. The van der Waals surface area contributed by atoms with Crippen LogP contribution in [0.1, 0.15) is 24.8 Å². The predicted molar refractivity (Wildman–Crippen MR) is 57.2 cm³/mol. The summed E-state index contributed by atoms with van der Waals surface area (Å²) in [5.74, 6) is -3.06. The summed E-state index contributed by atoms with van der Waals surface area (Å²) in [5, 5.41) is 11.0. The zero-order chi connectivity index (χ0) is 13.1. The van der Waals surface area contributed by atoms with Gasteiger partial charge in [0.05, 0.1) is 6.54 Å². The average Bonchev–Trinajstić information content (AvgIpc) is 2.77. The lowest BCUT2D eigenvalue weighted by Gasteiger charge is -2.13. The third-order valence-corrected chi connectivity index (χ3v) is 2.69. The maximum absolute atomic E-state index is 13.5. The first-order valence-corrected chi connectivity index (χ1v) is 5.43. The SMILES string of the molecule is CC(CCn1ncnn1)c1c(F)cc(F)cc1F. The molecule has 1 aromatic heterocycles. The fraction of sp³-hybridized carbons (Fsp3) is 0.364. The largest absolute Gasteiger partial charge is 0.207 e. The second kappa shape index (κ2) is 5.16. The molecule has 0 aliphatic carbocycles. The Hall–Kier alpha value is -1.92. The molecule has 1 unspecified atom stereocenters.